The maximum atomic E-state index is 12.7. The van der Waals surface area contributed by atoms with Gasteiger partial charge >= 0.3 is 11.9 Å². The van der Waals surface area contributed by atoms with Gasteiger partial charge in [0.25, 0.3) is 0 Å². The molecule has 4 rings (SSSR count). The highest BCUT2D eigenvalue weighted by Crippen LogP contribution is 2.41. The first-order valence-electron chi connectivity index (χ1n) is 20.5. The van der Waals surface area contributed by atoms with Crippen LogP contribution in [0, 0.1) is 23.7 Å². The molecule has 0 aliphatic carbocycles. The number of fused-ring (bicyclic) bond motifs is 2. The minimum Gasteiger partial charge on any atom is -0.463 e. The molecule has 4 aliphatic heterocycles. The lowest BCUT2D eigenvalue weighted by Gasteiger charge is -2.35. The molecule has 2 unspecified atom stereocenters. The number of aliphatic hydroxyl groups excluding tert-OH is 2. The Bertz CT molecular complexity index is 997. The van der Waals surface area contributed by atoms with Gasteiger partial charge in [0.05, 0.1) is 76.8 Å². The van der Waals surface area contributed by atoms with E-state index in [1.807, 2.05) is 0 Å². The molecule has 50 heavy (non-hydrogen) atoms. The molecule has 4 fully saturated rings. The highest BCUT2D eigenvalue weighted by Gasteiger charge is 2.52. The Morgan fingerprint density at radius 3 is 1.28 bits per heavy atom. The van der Waals surface area contributed by atoms with Crippen molar-refractivity contribution in [2.75, 3.05) is 52.5 Å². The molecule has 0 saturated carbocycles. The fourth-order valence-corrected chi connectivity index (χ4v) is 10.6. The fourth-order valence-electron chi connectivity index (χ4n) is 10.6. The van der Waals surface area contributed by atoms with E-state index in [4.69, 9.17) is 9.47 Å². The summed E-state index contributed by atoms with van der Waals surface area (Å²) in [7, 11) is 0. The number of carbonyl (C=O) groups excluding carboxylic acids is 2. The molecule has 10 heteroatoms. The van der Waals surface area contributed by atoms with Gasteiger partial charge in [-0.1, -0.05) is 53.4 Å². The van der Waals surface area contributed by atoms with Gasteiger partial charge in [0.1, 0.15) is 0 Å². The van der Waals surface area contributed by atoms with E-state index in [-0.39, 0.29) is 0 Å². The van der Waals surface area contributed by atoms with E-state index in [0.29, 0.717) is 37.1 Å². The summed E-state index contributed by atoms with van der Waals surface area (Å²) >= 11 is 0. The van der Waals surface area contributed by atoms with Gasteiger partial charge in [0, 0.05) is 50.4 Å². The Morgan fingerprint density at radius 2 is 0.960 bits per heavy atom. The number of hydrogen-bond acceptors (Lipinski definition) is 8. The number of quaternary nitrogens is 2. The molecule has 4 heterocycles. The number of esters is 2. The van der Waals surface area contributed by atoms with E-state index < -0.39 is 47.2 Å². The van der Waals surface area contributed by atoms with Crippen LogP contribution < -0.4 is 0 Å². The summed E-state index contributed by atoms with van der Waals surface area (Å²) in [6.07, 6.45) is 15.2. The van der Waals surface area contributed by atoms with Crippen molar-refractivity contribution in [2.45, 2.75) is 167 Å². The van der Waals surface area contributed by atoms with Gasteiger partial charge in [-0.3, -0.25) is 0 Å². The molecule has 0 aromatic heterocycles. The third-order valence-electron chi connectivity index (χ3n) is 13.8. The number of aliphatic hydroxyl groups is 4. The second kappa shape index (κ2) is 17.7. The third kappa shape index (κ3) is 9.07. The average Bonchev–Trinajstić information content (AvgIpc) is 3.80. The lowest BCUT2D eigenvalue weighted by molar-refractivity contribution is -0.928. The van der Waals surface area contributed by atoms with Gasteiger partial charge in [-0.15, -0.1) is 0 Å². The highest BCUT2D eigenvalue weighted by atomic mass is 16.6. The molecular weight excluding hydrogens is 636 g/mol. The third-order valence-corrected chi connectivity index (χ3v) is 13.8. The molecule has 0 aromatic rings. The number of nitrogens with zero attached hydrogens (tertiary/aromatic N) is 2. The van der Waals surface area contributed by atoms with Crippen LogP contribution >= 0.6 is 0 Å². The Morgan fingerprint density at radius 1 is 0.620 bits per heavy atom. The van der Waals surface area contributed by atoms with Crippen LogP contribution in [0.2, 0.25) is 0 Å². The number of unbranched alkanes of at least 4 members (excludes halogenated alkanes) is 7. The zero-order valence-electron chi connectivity index (χ0n) is 32.5. The normalized spacial score (nSPS) is 32.8. The summed E-state index contributed by atoms with van der Waals surface area (Å²) in [5, 5.41) is 41.7. The van der Waals surface area contributed by atoms with E-state index in [1.54, 1.807) is 27.7 Å². The zero-order chi connectivity index (χ0) is 36.7. The predicted molar refractivity (Wildman–Crippen MR) is 194 cm³/mol. The predicted octanol–water partition coefficient (Wildman–Crippen LogP) is 4.73. The quantitative estimate of drug-likeness (QED) is 0.0764. The molecule has 0 spiro atoms. The van der Waals surface area contributed by atoms with Crippen molar-refractivity contribution in [3.63, 3.8) is 0 Å². The highest BCUT2D eigenvalue weighted by molar-refractivity contribution is 5.81. The minimum absolute atomic E-state index is 0.326. The molecule has 10 atom stereocenters. The maximum Gasteiger partial charge on any atom is 0.341 e. The number of ether oxygens (including phenoxy) is 2. The Balaban J connectivity index is 1.08. The zero-order valence-corrected chi connectivity index (χ0v) is 32.5. The van der Waals surface area contributed by atoms with Gasteiger partial charge in [0.15, 0.2) is 11.2 Å². The minimum atomic E-state index is -1.86. The van der Waals surface area contributed by atoms with Crippen LogP contribution in [0.15, 0.2) is 0 Å². The molecule has 0 bridgehead atoms. The molecule has 0 radical (unpaired) electrons. The maximum absolute atomic E-state index is 12.7. The number of rotatable bonds is 21. The Labute approximate surface area is 303 Å². The van der Waals surface area contributed by atoms with Crippen LogP contribution in [-0.2, 0) is 19.1 Å². The van der Waals surface area contributed by atoms with Crippen molar-refractivity contribution < 1.29 is 48.5 Å². The number of carbonyl (C=O) groups is 2. The molecule has 4 saturated heterocycles. The first-order valence-corrected chi connectivity index (χ1v) is 20.5. The lowest BCUT2D eigenvalue weighted by Crippen LogP contribution is -2.53. The molecule has 0 aromatic carbocycles. The van der Waals surface area contributed by atoms with E-state index in [1.165, 1.54) is 126 Å². The van der Waals surface area contributed by atoms with Gasteiger partial charge in [-0.05, 0) is 51.4 Å². The molecule has 4 aliphatic rings. The Kier molecular flexibility index (Phi) is 14.7. The van der Waals surface area contributed by atoms with Crippen LogP contribution in [0.25, 0.3) is 0 Å². The fraction of sp³-hybridized carbons (Fsp3) is 0.950. The molecule has 290 valence electrons. The molecule has 0 amide bonds. The number of hydrogen-bond donors (Lipinski definition) is 4. The molecular formula is C40H74N2O8+2. The van der Waals surface area contributed by atoms with Crippen LogP contribution in [0.3, 0.4) is 0 Å². The summed E-state index contributed by atoms with van der Waals surface area (Å²) in [4.78, 5) is 25.5. The Hall–Kier alpha value is -1.30. The smallest absolute Gasteiger partial charge is 0.341 e. The summed E-state index contributed by atoms with van der Waals surface area (Å²) in [5.41, 5.74) is -3.72. The van der Waals surface area contributed by atoms with Gasteiger partial charge in [-0.2, -0.15) is 0 Å². The largest absolute Gasteiger partial charge is 0.463 e. The average molecular weight is 711 g/mol. The lowest BCUT2D eigenvalue weighted by atomic mass is 9.85. The van der Waals surface area contributed by atoms with E-state index in [2.05, 4.69) is 0 Å². The van der Waals surface area contributed by atoms with Crippen LogP contribution in [0.1, 0.15) is 131 Å². The summed E-state index contributed by atoms with van der Waals surface area (Å²) in [6, 6.07) is 1.34. The molecule has 10 nitrogen and oxygen atoms in total. The summed E-state index contributed by atoms with van der Waals surface area (Å²) in [6.45, 7) is 17.5. The van der Waals surface area contributed by atoms with Crippen molar-refractivity contribution in [1.82, 2.24) is 0 Å². The van der Waals surface area contributed by atoms with Crippen molar-refractivity contribution in [3.05, 3.63) is 0 Å². The van der Waals surface area contributed by atoms with Gasteiger partial charge in [0.2, 0.25) is 0 Å². The first kappa shape index (κ1) is 41.5. The van der Waals surface area contributed by atoms with Crippen molar-refractivity contribution >= 4 is 11.9 Å². The topological polar surface area (TPSA) is 134 Å². The van der Waals surface area contributed by atoms with E-state index in [9.17, 15) is 30.0 Å². The molecule has 4 N–H and O–H groups in total. The van der Waals surface area contributed by atoms with E-state index >= 15 is 0 Å². The van der Waals surface area contributed by atoms with Crippen molar-refractivity contribution in [2.24, 2.45) is 23.7 Å². The summed E-state index contributed by atoms with van der Waals surface area (Å²) < 4.78 is 13.6. The van der Waals surface area contributed by atoms with Gasteiger partial charge < -0.3 is 38.9 Å². The SMILES string of the molecule is CC(C)[C@](O)(C(=O)OC[C@H]1C[C@H]2CCC[N+]2(CCCCCCCCCC[N+]23CCC[C@H]2C[C@@H](COC(=O)[C@](O)(C(C)C)[C@@H](C)O)C3)C1)[C@@H](C)O. The second-order valence-electron chi connectivity index (χ2n) is 17.8. The van der Waals surface area contributed by atoms with Crippen LogP contribution in [0.5, 0.6) is 0 Å². The van der Waals surface area contributed by atoms with Crippen molar-refractivity contribution in [3.8, 4) is 0 Å². The first-order chi connectivity index (χ1) is 23.6. The standard InChI is InChI=1S/C40H74N2O8/c1-29(2)39(47,31(5)43)37(45)49-27-33-23-35-17-15-21-41(35,25-33)19-13-11-9-7-8-10-12-14-20-42-22-16-18-36(42)24-34(26-42)28-50-38(46)40(48,30(3)4)32(6)44/h29-36,43-44,47-48H,7-28H2,1-6H3/q+2/t31-,32-,33-,34+,35+,36-,39+,40-,41?,42?/m1/s1. The van der Waals surface area contributed by atoms with Crippen LogP contribution in [0.4, 0.5) is 0 Å². The summed E-state index contributed by atoms with van der Waals surface area (Å²) in [5.74, 6) is -1.58. The monoisotopic (exact) mass is 711 g/mol. The van der Waals surface area contributed by atoms with Crippen molar-refractivity contribution in [1.29, 1.82) is 0 Å². The van der Waals surface area contributed by atoms with Crippen LogP contribution in [-0.4, -0.2) is 129 Å². The van der Waals surface area contributed by atoms with E-state index in [0.717, 1.165) is 25.9 Å². The van der Waals surface area contributed by atoms with Gasteiger partial charge in [-0.25, -0.2) is 9.59 Å². The second-order valence-corrected chi connectivity index (χ2v) is 17.8.